The molecular weight excluding hydrogens is 416 g/mol. The van der Waals surface area contributed by atoms with Crippen molar-refractivity contribution in [1.82, 2.24) is 5.32 Å². The molecule has 168 valence electrons. The van der Waals surface area contributed by atoms with Crippen LogP contribution < -0.4 is 21.3 Å². The molecule has 1 aliphatic heterocycles. The number of anilines is 2. The summed E-state index contributed by atoms with van der Waals surface area (Å²) < 4.78 is 0. The van der Waals surface area contributed by atoms with Crippen LogP contribution in [0.1, 0.15) is 29.0 Å². The minimum atomic E-state index is -0.856. The number of primary amides is 1. The van der Waals surface area contributed by atoms with E-state index in [0.717, 1.165) is 16.7 Å². The van der Waals surface area contributed by atoms with Crippen molar-refractivity contribution >= 4 is 29.2 Å². The van der Waals surface area contributed by atoms with Crippen molar-refractivity contribution in [2.45, 2.75) is 25.3 Å². The van der Waals surface area contributed by atoms with Gasteiger partial charge in [-0.15, -0.1) is 0 Å². The fourth-order valence-corrected chi connectivity index (χ4v) is 4.27. The number of nitrogens with one attached hydrogen (secondary N) is 2. The lowest BCUT2D eigenvalue weighted by atomic mass is 9.86. The first kappa shape index (κ1) is 22.1. The second-order valence-corrected chi connectivity index (χ2v) is 8.11. The van der Waals surface area contributed by atoms with Crippen LogP contribution in [-0.4, -0.2) is 30.4 Å². The van der Waals surface area contributed by atoms with Crippen LogP contribution >= 0.6 is 0 Å². The van der Waals surface area contributed by atoms with Crippen molar-refractivity contribution in [3.05, 3.63) is 95.6 Å². The van der Waals surface area contributed by atoms with Gasteiger partial charge in [0, 0.05) is 17.3 Å². The summed E-state index contributed by atoms with van der Waals surface area (Å²) in [6.45, 7) is 1.62. The van der Waals surface area contributed by atoms with Gasteiger partial charge < -0.3 is 21.3 Å². The van der Waals surface area contributed by atoms with E-state index >= 15 is 0 Å². The van der Waals surface area contributed by atoms with Gasteiger partial charge in [0.05, 0.1) is 0 Å². The Bertz CT molecular complexity index is 1180. The van der Waals surface area contributed by atoms with Crippen LogP contribution in [0, 0.1) is 6.92 Å². The molecule has 0 aliphatic carbocycles. The zero-order valence-electron chi connectivity index (χ0n) is 18.3. The molecule has 0 fully saturated rings. The number of benzene rings is 3. The number of rotatable bonds is 5. The minimum absolute atomic E-state index is 0.159. The molecule has 0 saturated carbocycles. The Morgan fingerprint density at radius 3 is 2.36 bits per heavy atom. The lowest BCUT2D eigenvalue weighted by molar-refractivity contribution is -0.123. The molecule has 7 heteroatoms. The van der Waals surface area contributed by atoms with Crippen molar-refractivity contribution in [1.29, 1.82) is 0 Å². The topological polar surface area (TPSA) is 105 Å². The second-order valence-electron chi connectivity index (χ2n) is 8.11. The molecule has 0 bridgehead atoms. The van der Waals surface area contributed by atoms with Gasteiger partial charge in [-0.25, -0.2) is 4.79 Å². The number of nitrogens with zero attached hydrogens (tertiary/aromatic N) is 1. The second kappa shape index (κ2) is 9.56. The van der Waals surface area contributed by atoms with Crippen molar-refractivity contribution in [3.8, 4) is 0 Å². The maximum absolute atomic E-state index is 13.6. The van der Waals surface area contributed by atoms with E-state index in [1.165, 1.54) is 4.90 Å². The normalized spacial score (nSPS) is 17.6. The fraction of sp³-hybridized carbons (Fsp3) is 0.192. The SMILES string of the molecule is Cc1ccccc1NC(=O)NC1CC(c2ccccc2)c2ccccc2N(CC(N)=O)C1=O. The summed E-state index contributed by atoms with van der Waals surface area (Å²) in [6.07, 6.45) is 0.344. The van der Waals surface area contributed by atoms with Gasteiger partial charge in [0.2, 0.25) is 11.8 Å². The summed E-state index contributed by atoms with van der Waals surface area (Å²) in [5, 5.41) is 5.65. The van der Waals surface area contributed by atoms with Crippen molar-refractivity contribution in [3.63, 3.8) is 0 Å². The van der Waals surface area contributed by atoms with E-state index in [1.54, 1.807) is 6.07 Å². The number of fused-ring (bicyclic) bond motifs is 1. The zero-order chi connectivity index (χ0) is 23.4. The van der Waals surface area contributed by atoms with Gasteiger partial charge in [-0.1, -0.05) is 66.7 Å². The number of amides is 4. The van der Waals surface area contributed by atoms with Crippen LogP contribution in [0.15, 0.2) is 78.9 Å². The third-order valence-electron chi connectivity index (χ3n) is 5.85. The molecule has 2 unspecified atom stereocenters. The highest BCUT2D eigenvalue weighted by molar-refractivity contribution is 6.05. The Balaban J connectivity index is 1.70. The van der Waals surface area contributed by atoms with Gasteiger partial charge in [-0.2, -0.15) is 0 Å². The third kappa shape index (κ3) is 4.87. The number of hydrogen-bond acceptors (Lipinski definition) is 3. The largest absolute Gasteiger partial charge is 0.368 e. The summed E-state index contributed by atoms with van der Waals surface area (Å²) in [6, 6.07) is 23.4. The predicted octanol–water partition coefficient (Wildman–Crippen LogP) is 3.54. The fourth-order valence-electron chi connectivity index (χ4n) is 4.27. The van der Waals surface area contributed by atoms with Crippen LogP contribution in [-0.2, 0) is 9.59 Å². The van der Waals surface area contributed by atoms with E-state index in [2.05, 4.69) is 10.6 Å². The Morgan fingerprint density at radius 2 is 1.64 bits per heavy atom. The monoisotopic (exact) mass is 442 g/mol. The number of nitrogens with two attached hydrogens (primary N) is 1. The summed E-state index contributed by atoms with van der Waals surface area (Å²) in [5.74, 6) is -1.16. The molecule has 33 heavy (non-hydrogen) atoms. The van der Waals surface area contributed by atoms with E-state index < -0.39 is 18.0 Å². The molecule has 1 aliphatic rings. The van der Waals surface area contributed by atoms with Crippen molar-refractivity contribution in [2.75, 3.05) is 16.8 Å². The molecule has 0 saturated heterocycles. The van der Waals surface area contributed by atoms with E-state index in [0.29, 0.717) is 17.8 Å². The molecule has 4 amide bonds. The lowest BCUT2D eigenvalue weighted by Crippen LogP contribution is -2.51. The van der Waals surface area contributed by atoms with Gasteiger partial charge in [0.15, 0.2) is 0 Å². The van der Waals surface area contributed by atoms with Gasteiger partial charge in [-0.3, -0.25) is 9.59 Å². The van der Waals surface area contributed by atoms with Crippen molar-refractivity contribution in [2.24, 2.45) is 5.73 Å². The average Bonchev–Trinajstić information content (AvgIpc) is 2.92. The Morgan fingerprint density at radius 1 is 0.970 bits per heavy atom. The summed E-state index contributed by atoms with van der Waals surface area (Å²) in [4.78, 5) is 39.6. The Labute approximate surface area is 192 Å². The first-order valence-corrected chi connectivity index (χ1v) is 10.8. The van der Waals surface area contributed by atoms with Gasteiger partial charge >= 0.3 is 6.03 Å². The number of aryl methyl sites for hydroxylation is 1. The van der Waals surface area contributed by atoms with E-state index in [-0.39, 0.29) is 18.4 Å². The minimum Gasteiger partial charge on any atom is -0.368 e. The molecule has 0 radical (unpaired) electrons. The number of carbonyl (C=O) groups excluding carboxylic acids is 3. The van der Waals surface area contributed by atoms with Gasteiger partial charge in [-0.05, 0) is 42.2 Å². The summed E-state index contributed by atoms with van der Waals surface area (Å²) in [5.41, 5.74) is 9.59. The quantitative estimate of drug-likeness (QED) is 0.563. The molecule has 2 atom stereocenters. The molecule has 3 aromatic carbocycles. The van der Waals surface area contributed by atoms with E-state index in [4.69, 9.17) is 5.73 Å². The third-order valence-corrected chi connectivity index (χ3v) is 5.85. The van der Waals surface area contributed by atoms with Crippen LogP contribution in [0.5, 0.6) is 0 Å². The molecule has 1 heterocycles. The molecule has 4 rings (SSSR count). The molecule has 0 aromatic heterocycles. The molecule has 7 nitrogen and oxygen atoms in total. The standard InChI is InChI=1S/C26H26N4O3/c1-17-9-5-7-13-21(17)28-26(33)29-22-15-20(18-10-3-2-4-11-18)19-12-6-8-14-23(19)30(25(22)32)16-24(27)31/h2-14,20,22H,15-16H2,1H3,(H2,27,31)(H2,28,29,33). The van der Waals surface area contributed by atoms with Crippen LogP contribution in [0.25, 0.3) is 0 Å². The van der Waals surface area contributed by atoms with Crippen LogP contribution in [0.2, 0.25) is 0 Å². The lowest BCUT2D eigenvalue weighted by Gasteiger charge is -2.25. The smallest absolute Gasteiger partial charge is 0.319 e. The highest BCUT2D eigenvalue weighted by Gasteiger charge is 2.37. The molecule has 3 aromatic rings. The maximum atomic E-state index is 13.6. The van der Waals surface area contributed by atoms with Gasteiger partial charge in [0.25, 0.3) is 0 Å². The van der Waals surface area contributed by atoms with Crippen LogP contribution in [0.4, 0.5) is 16.2 Å². The maximum Gasteiger partial charge on any atom is 0.319 e. The van der Waals surface area contributed by atoms with Crippen LogP contribution in [0.3, 0.4) is 0 Å². The van der Waals surface area contributed by atoms with E-state index in [9.17, 15) is 14.4 Å². The number of urea groups is 1. The number of para-hydroxylation sites is 2. The Kier molecular flexibility index (Phi) is 6.40. The van der Waals surface area contributed by atoms with Gasteiger partial charge in [0.1, 0.15) is 12.6 Å². The average molecular weight is 443 g/mol. The highest BCUT2D eigenvalue weighted by atomic mass is 16.2. The Hall–Kier alpha value is -4.13. The number of hydrogen-bond donors (Lipinski definition) is 3. The summed E-state index contributed by atoms with van der Waals surface area (Å²) in [7, 11) is 0. The number of carbonyl (C=O) groups is 3. The van der Waals surface area contributed by atoms with Crippen molar-refractivity contribution < 1.29 is 14.4 Å². The molecule has 4 N–H and O–H groups in total. The van der Waals surface area contributed by atoms with E-state index in [1.807, 2.05) is 79.7 Å². The molecule has 0 spiro atoms. The first-order chi connectivity index (χ1) is 15.9. The predicted molar refractivity (Wildman–Crippen MR) is 128 cm³/mol. The molecular formula is C26H26N4O3. The summed E-state index contributed by atoms with van der Waals surface area (Å²) >= 11 is 0. The highest BCUT2D eigenvalue weighted by Crippen LogP contribution is 2.39. The first-order valence-electron chi connectivity index (χ1n) is 10.8. The zero-order valence-corrected chi connectivity index (χ0v) is 18.3.